The summed E-state index contributed by atoms with van der Waals surface area (Å²) in [6.07, 6.45) is 0. The van der Waals surface area contributed by atoms with Gasteiger partial charge in [0.15, 0.2) is 0 Å². The Balaban J connectivity index is 2.49. The molecule has 2 N–H and O–H groups in total. The molecule has 0 saturated carbocycles. The molecule has 0 aliphatic carbocycles. The van der Waals surface area contributed by atoms with Crippen molar-refractivity contribution in [3.63, 3.8) is 0 Å². The summed E-state index contributed by atoms with van der Waals surface area (Å²) >= 11 is 9.55. The average molecular weight is 339 g/mol. The molecule has 0 bridgehead atoms. The van der Waals surface area contributed by atoms with Crippen molar-refractivity contribution in [3.8, 4) is 0 Å². The average Bonchev–Trinajstić information content (AvgIpc) is 2.31. The number of halogens is 2. The highest BCUT2D eigenvalue weighted by molar-refractivity contribution is 9.10. The third-order valence-corrected chi connectivity index (χ3v) is 4.58. The Bertz CT molecular complexity index is 599. The van der Waals surface area contributed by atoms with Gasteiger partial charge in [0, 0.05) is 4.47 Å². The highest BCUT2D eigenvalue weighted by Crippen LogP contribution is 2.31. The second-order valence-electron chi connectivity index (χ2n) is 4.96. The van der Waals surface area contributed by atoms with Crippen LogP contribution in [0.25, 0.3) is 0 Å². The first-order chi connectivity index (χ1) is 8.90. The number of aryl methyl sites for hydroxylation is 3. The maximum atomic E-state index is 6.41. The van der Waals surface area contributed by atoms with Gasteiger partial charge in [0.05, 0.1) is 11.1 Å². The summed E-state index contributed by atoms with van der Waals surface area (Å²) in [5.74, 6) is 0. The Kier molecular flexibility index (Phi) is 4.34. The SMILES string of the molecule is Cc1cc(C)c(C(N)c2ccc(Br)c(Cl)c2)c(C)c1. The van der Waals surface area contributed by atoms with Crippen LogP contribution in [0, 0.1) is 20.8 Å². The summed E-state index contributed by atoms with van der Waals surface area (Å²) in [6.45, 7) is 6.32. The van der Waals surface area contributed by atoms with Crippen LogP contribution in [0.1, 0.15) is 33.9 Å². The molecule has 0 amide bonds. The minimum absolute atomic E-state index is 0.147. The van der Waals surface area contributed by atoms with Gasteiger partial charge in [0.1, 0.15) is 0 Å². The summed E-state index contributed by atoms with van der Waals surface area (Å²) < 4.78 is 0.891. The summed E-state index contributed by atoms with van der Waals surface area (Å²) in [4.78, 5) is 0. The van der Waals surface area contributed by atoms with Crippen LogP contribution in [0.2, 0.25) is 5.02 Å². The fraction of sp³-hybridized carbons (Fsp3) is 0.250. The summed E-state index contributed by atoms with van der Waals surface area (Å²) in [5.41, 5.74) is 12.3. The molecule has 100 valence electrons. The quantitative estimate of drug-likeness (QED) is 0.812. The predicted octanol–water partition coefficient (Wildman–Crippen LogP) is 5.08. The van der Waals surface area contributed by atoms with E-state index < -0.39 is 0 Å². The third-order valence-electron chi connectivity index (χ3n) is 3.35. The lowest BCUT2D eigenvalue weighted by molar-refractivity contribution is 0.850. The van der Waals surface area contributed by atoms with Crippen LogP contribution in [-0.4, -0.2) is 0 Å². The molecule has 0 aliphatic heterocycles. The second-order valence-corrected chi connectivity index (χ2v) is 6.23. The van der Waals surface area contributed by atoms with E-state index >= 15 is 0 Å². The third kappa shape index (κ3) is 3.02. The van der Waals surface area contributed by atoms with E-state index in [1.807, 2.05) is 18.2 Å². The summed E-state index contributed by atoms with van der Waals surface area (Å²) in [5, 5.41) is 0.690. The zero-order valence-corrected chi connectivity index (χ0v) is 13.6. The first-order valence-corrected chi connectivity index (χ1v) is 7.35. The van der Waals surface area contributed by atoms with Gasteiger partial charge in [-0.25, -0.2) is 0 Å². The topological polar surface area (TPSA) is 26.0 Å². The van der Waals surface area contributed by atoms with Crippen LogP contribution in [-0.2, 0) is 0 Å². The van der Waals surface area contributed by atoms with Gasteiger partial charge in [0.2, 0.25) is 0 Å². The highest BCUT2D eigenvalue weighted by atomic mass is 79.9. The van der Waals surface area contributed by atoms with Crippen molar-refractivity contribution in [1.29, 1.82) is 0 Å². The minimum atomic E-state index is -0.147. The second kappa shape index (κ2) is 5.66. The van der Waals surface area contributed by atoms with E-state index in [1.54, 1.807) is 0 Å². The van der Waals surface area contributed by atoms with Crippen LogP contribution in [0.5, 0.6) is 0 Å². The number of rotatable bonds is 2. The number of benzene rings is 2. The van der Waals surface area contributed by atoms with Crippen LogP contribution >= 0.6 is 27.5 Å². The molecule has 1 nitrogen and oxygen atoms in total. The lowest BCUT2D eigenvalue weighted by atomic mass is 9.90. The Morgan fingerprint density at radius 2 is 1.63 bits per heavy atom. The molecule has 3 heteroatoms. The zero-order valence-electron chi connectivity index (χ0n) is 11.3. The lowest BCUT2D eigenvalue weighted by Gasteiger charge is -2.19. The number of nitrogens with two attached hydrogens (primary N) is 1. The summed E-state index contributed by atoms with van der Waals surface area (Å²) in [7, 11) is 0. The van der Waals surface area contributed by atoms with Gasteiger partial charge < -0.3 is 5.73 Å². The Morgan fingerprint density at radius 1 is 1.05 bits per heavy atom. The standard InChI is InChI=1S/C16H17BrClN/c1-9-6-10(2)15(11(3)7-9)16(19)12-4-5-13(17)14(18)8-12/h4-8,16H,19H2,1-3H3. The molecular formula is C16H17BrClN. The van der Waals surface area contributed by atoms with Crippen molar-refractivity contribution in [2.45, 2.75) is 26.8 Å². The molecule has 0 saturated heterocycles. The van der Waals surface area contributed by atoms with E-state index in [2.05, 4.69) is 48.8 Å². The molecule has 19 heavy (non-hydrogen) atoms. The number of hydrogen-bond donors (Lipinski definition) is 1. The normalized spacial score (nSPS) is 12.5. The predicted molar refractivity (Wildman–Crippen MR) is 85.8 cm³/mol. The van der Waals surface area contributed by atoms with Gasteiger partial charge in [-0.1, -0.05) is 35.4 Å². The van der Waals surface area contributed by atoms with Gasteiger partial charge in [-0.2, -0.15) is 0 Å². The Hall–Kier alpha value is -0.830. The largest absolute Gasteiger partial charge is 0.320 e. The van der Waals surface area contributed by atoms with Gasteiger partial charge >= 0.3 is 0 Å². The van der Waals surface area contributed by atoms with Crippen molar-refractivity contribution in [1.82, 2.24) is 0 Å². The lowest BCUT2D eigenvalue weighted by Crippen LogP contribution is -2.15. The van der Waals surface area contributed by atoms with Crippen molar-refractivity contribution in [2.75, 3.05) is 0 Å². The minimum Gasteiger partial charge on any atom is -0.320 e. The van der Waals surface area contributed by atoms with E-state index in [1.165, 1.54) is 22.3 Å². The molecular weight excluding hydrogens is 322 g/mol. The van der Waals surface area contributed by atoms with Crippen molar-refractivity contribution >= 4 is 27.5 Å². The van der Waals surface area contributed by atoms with Crippen LogP contribution in [0.3, 0.4) is 0 Å². The first-order valence-electron chi connectivity index (χ1n) is 6.18. The van der Waals surface area contributed by atoms with Crippen molar-refractivity contribution < 1.29 is 0 Å². The molecule has 2 aromatic rings. The van der Waals surface area contributed by atoms with Crippen molar-refractivity contribution in [3.05, 3.63) is 67.6 Å². The monoisotopic (exact) mass is 337 g/mol. The molecule has 0 spiro atoms. The summed E-state index contributed by atoms with van der Waals surface area (Å²) in [6, 6.07) is 10.1. The van der Waals surface area contributed by atoms with Gasteiger partial charge in [0.25, 0.3) is 0 Å². The van der Waals surface area contributed by atoms with E-state index in [0.29, 0.717) is 5.02 Å². The molecule has 2 aromatic carbocycles. The maximum Gasteiger partial charge on any atom is 0.0557 e. The molecule has 0 radical (unpaired) electrons. The van der Waals surface area contributed by atoms with Crippen LogP contribution < -0.4 is 5.73 Å². The Morgan fingerprint density at radius 3 is 2.16 bits per heavy atom. The molecule has 0 heterocycles. The van der Waals surface area contributed by atoms with E-state index in [0.717, 1.165) is 10.0 Å². The number of hydrogen-bond acceptors (Lipinski definition) is 1. The molecule has 0 aromatic heterocycles. The smallest absolute Gasteiger partial charge is 0.0557 e. The fourth-order valence-electron chi connectivity index (χ4n) is 2.55. The van der Waals surface area contributed by atoms with E-state index in [4.69, 9.17) is 17.3 Å². The van der Waals surface area contributed by atoms with Crippen LogP contribution in [0.15, 0.2) is 34.8 Å². The Labute approximate surface area is 127 Å². The van der Waals surface area contributed by atoms with Gasteiger partial charge in [-0.15, -0.1) is 0 Å². The fourth-order valence-corrected chi connectivity index (χ4v) is 2.99. The van der Waals surface area contributed by atoms with Crippen molar-refractivity contribution in [2.24, 2.45) is 5.73 Å². The van der Waals surface area contributed by atoms with Crippen LogP contribution in [0.4, 0.5) is 0 Å². The first kappa shape index (κ1) is 14.6. The zero-order chi connectivity index (χ0) is 14.2. The van der Waals surface area contributed by atoms with Gasteiger partial charge in [-0.3, -0.25) is 0 Å². The molecule has 0 aliphatic rings. The van der Waals surface area contributed by atoms with E-state index in [-0.39, 0.29) is 6.04 Å². The molecule has 1 unspecified atom stereocenters. The molecule has 1 atom stereocenters. The van der Waals surface area contributed by atoms with E-state index in [9.17, 15) is 0 Å². The molecule has 2 rings (SSSR count). The highest BCUT2D eigenvalue weighted by Gasteiger charge is 2.15. The van der Waals surface area contributed by atoms with Gasteiger partial charge in [-0.05, 0) is 71.1 Å². The maximum absolute atomic E-state index is 6.41. The molecule has 0 fully saturated rings.